The average molecular weight is 401 g/mol. The SMILES string of the molecule is CC(C)[C@H](C)CC[C@@H](C)[C@H]1CCC2[C@@H]3CC[C@H]4CC(=O)CC[C@]4(C)[C@H]3CC[C@@]21C. The maximum absolute atomic E-state index is 12.1. The Balaban J connectivity index is 1.46. The molecule has 1 unspecified atom stereocenters. The first kappa shape index (κ1) is 21.9. The lowest BCUT2D eigenvalue weighted by molar-refractivity contribution is -0.140. The van der Waals surface area contributed by atoms with Crippen LogP contribution in [0.2, 0.25) is 0 Å². The van der Waals surface area contributed by atoms with Gasteiger partial charge < -0.3 is 0 Å². The number of carbonyl (C=O) groups excluding carboxylic acids is 1. The summed E-state index contributed by atoms with van der Waals surface area (Å²) in [5.41, 5.74) is 1.06. The van der Waals surface area contributed by atoms with E-state index in [2.05, 4.69) is 41.5 Å². The van der Waals surface area contributed by atoms with Gasteiger partial charge in [-0.25, -0.2) is 0 Å². The zero-order chi connectivity index (χ0) is 21.0. The number of Topliss-reactive ketones (excluding diaryl/α,β-unsaturated/α-hetero) is 1. The smallest absolute Gasteiger partial charge is 0.133 e. The largest absolute Gasteiger partial charge is 0.300 e. The van der Waals surface area contributed by atoms with Gasteiger partial charge in [-0.05, 0) is 103 Å². The van der Waals surface area contributed by atoms with Gasteiger partial charge in [0.25, 0.3) is 0 Å². The van der Waals surface area contributed by atoms with Crippen LogP contribution < -0.4 is 0 Å². The van der Waals surface area contributed by atoms with Gasteiger partial charge in [0, 0.05) is 12.8 Å². The molecule has 4 rings (SSSR count). The van der Waals surface area contributed by atoms with Gasteiger partial charge in [0.05, 0.1) is 0 Å². The molecule has 0 aliphatic heterocycles. The maximum atomic E-state index is 12.1. The first-order valence-electron chi connectivity index (χ1n) is 13.2. The molecule has 0 heterocycles. The minimum Gasteiger partial charge on any atom is -0.300 e. The van der Waals surface area contributed by atoms with Crippen molar-refractivity contribution >= 4 is 5.78 Å². The molecule has 0 radical (unpaired) electrons. The van der Waals surface area contributed by atoms with Crippen molar-refractivity contribution in [2.45, 2.75) is 112 Å². The Morgan fingerprint density at radius 1 is 0.862 bits per heavy atom. The van der Waals surface area contributed by atoms with E-state index < -0.39 is 0 Å². The molecule has 4 fully saturated rings. The Hall–Kier alpha value is -0.330. The zero-order valence-electron chi connectivity index (χ0n) is 20.3. The second kappa shape index (κ2) is 7.98. The molecule has 0 spiro atoms. The maximum Gasteiger partial charge on any atom is 0.133 e. The van der Waals surface area contributed by atoms with Gasteiger partial charge in [0.15, 0.2) is 0 Å². The summed E-state index contributed by atoms with van der Waals surface area (Å²) in [4.78, 5) is 12.1. The van der Waals surface area contributed by atoms with Crippen LogP contribution in [-0.4, -0.2) is 5.78 Å². The van der Waals surface area contributed by atoms with Crippen LogP contribution in [0, 0.1) is 58.2 Å². The molecule has 166 valence electrons. The first-order valence-corrected chi connectivity index (χ1v) is 13.2. The number of hydrogen-bond donors (Lipinski definition) is 0. The van der Waals surface area contributed by atoms with Gasteiger partial charge in [0.1, 0.15) is 5.78 Å². The Labute approximate surface area is 181 Å². The van der Waals surface area contributed by atoms with Crippen LogP contribution in [-0.2, 0) is 4.79 Å². The van der Waals surface area contributed by atoms with Crippen molar-refractivity contribution in [2.75, 3.05) is 0 Å². The standard InChI is InChI=1S/C28H48O/c1-18(2)19(3)7-8-20(4)24-11-12-25-23-10-9-21-17-22(29)13-15-27(21,5)26(23)14-16-28(24,25)6/h18-21,23-26H,7-17H2,1-6H3/t19-,20-,21+,23+,24-,25?,26+,27+,28-/m1/s1. The van der Waals surface area contributed by atoms with Crippen LogP contribution in [0.4, 0.5) is 0 Å². The Kier molecular flexibility index (Phi) is 6.02. The zero-order valence-corrected chi connectivity index (χ0v) is 20.3. The Morgan fingerprint density at radius 2 is 1.59 bits per heavy atom. The van der Waals surface area contributed by atoms with E-state index >= 15 is 0 Å². The summed E-state index contributed by atoms with van der Waals surface area (Å²) in [5, 5.41) is 0. The van der Waals surface area contributed by atoms with Crippen molar-refractivity contribution in [2.24, 2.45) is 58.2 Å². The summed E-state index contributed by atoms with van der Waals surface area (Å²) in [6.45, 7) is 15.1. The number of carbonyl (C=O) groups is 1. The van der Waals surface area contributed by atoms with Crippen molar-refractivity contribution in [3.63, 3.8) is 0 Å². The third-order valence-corrected chi connectivity index (χ3v) is 11.5. The monoisotopic (exact) mass is 400 g/mol. The second-order valence-electron chi connectivity index (χ2n) is 12.9. The first-order chi connectivity index (χ1) is 13.7. The van der Waals surface area contributed by atoms with Crippen molar-refractivity contribution in [1.82, 2.24) is 0 Å². The van der Waals surface area contributed by atoms with Crippen molar-refractivity contribution < 1.29 is 4.79 Å². The summed E-state index contributed by atoms with van der Waals surface area (Å²) in [7, 11) is 0. The topological polar surface area (TPSA) is 17.1 Å². The van der Waals surface area contributed by atoms with Crippen molar-refractivity contribution in [3.8, 4) is 0 Å². The van der Waals surface area contributed by atoms with E-state index in [9.17, 15) is 4.79 Å². The molecule has 4 saturated carbocycles. The highest BCUT2D eigenvalue weighted by molar-refractivity contribution is 5.79. The number of hydrogen-bond acceptors (Lipinski definition) is 1. The molecule has 0 aromatic rings. The number of fused-ring (bicyclic) bond motifs is 5. The fraction of sp³-hybridized carbons (Fsp3) is 0.964. The summed E-state index contributed by atoms with van der Waals surface area (Å²) < 4.78 is 0. The van der Waals surface area contributed by atoms with Gasteiger partial charge in [-0.2, -0.15) is 0 Å². The minimum atomic E-state index is 0.467. The lowest BCUT2D eigenvalue weighted by atomic mass is 9.44. The molecule has 0 aromatic heterocycles. The molecular formula is C28H48O. The van der Waals surface area contributed by atoms with Crippen LogP contribution in [0.5, 0.6) is 0 Å². The molecule has 4 aliphatic carbocycles. The van der Waals surface area contributed by atoms with Gasteiger partial charge in [0.2, 0.25) is 0 Å². The Morgan fingerprint density at radius 3 is 2.31 bits per heavy atom. The molecule has 29 heavy (non-hydrogen) atoms. The van der Waals surface area contributed by atoms with Crippen LogP contribution in [0.15, 0.2) is 0 Å². The number of rotatable bonds is 5. The molecule has 4 aliphatic rings. The molecular weight excluding hydrogens is 352 g/mol. The molecule has 0 amide bonds. The molecule has 0 N–H and O–H groups in total. The fourth-order valence-electron chi connectivity index (χ4n) is 9.08. The summed E-state index contributed by atoms with van der Waals surface area (Å²) in [6, 6.07) is 0. The van der Waals surface area contributed by atoms with E-state index in [0.29, 0.717) is 22.5 Å². The van der Waals surface area contributed by atoms with E-state index in [1.807, 2.05) is 0 Å². The average Bonchev–Trinajstić information content (AvgIpc) is 3.03. The highest BCUT2D eigenvalue weighted by Gasteiger charge is 2.60. The predicted octanol–water partition coefficient (Wildman–Crippen LogP) is 7.92. The van der Waals surface area contributed by atoms with E-state index in [-0.39, 0.29) is 0 Å². The summed E-state index contributed by atoms with van der Waals surface area (Å²) >= 11 is 0. The molecule has 0 bridgehead atoms. The Bertz CT molecular complexity index is 607. The lowest BCUT2D eigenvalue weighted by Gasteiger charge is -2.60. The quantitative estimate of drug-likeness (QED) is 0.458. The highest BCUT2D eigenvalue weighted by Crippen LogP contribution is 2.68. The normalized spacial score (nSPS) is 46.7. The highest BCUT2D eigenvalue weighted by atomic mass is 16.1. The third-order valence-electron chi connectivity index (χ3n) is 11.5. The van der Waals surface area contributed by atoms with Gasteiger partial charge in [-0.1, -0.05) is 54.4 Å². The van der Waals surface area contributed by atoms with Gasteiger partial charge in [-0.3, -0.25) is 4.79 Å². The van der Waals surface area contributed by atoms with Gasteiger partial charge >= 0.3 is 0 Å². The van der Waals surface area contributed by atoms with Crippen LogP contribution in [0.1, 0.15) is 112 Å². The van der Waals surface area contributed by atoms with Crippen LogP contribution in [0.3, 0.4) is 0 Å². The van der Waals surface area contributed by atoms with E-state index in [0.717, 1.165) is 54.3 Å². The molecule has 9 atom stereocenters. The van der Waals surface area contributed by atoms with E-state index in [4.69, 9.17) is 0 Å². The van der Waals surface area contributed by atoms with Crippen LogP contribution in [0.25, 0.3) is 0 Å². The van der Waals surface area contributed by atoms with Gasteiger partial charge in [-0.15, -0.1) is 0 Å². The second-order valence-corrected chi connectivity index (χ2v) is 12.9. The summed E-state index contributed by atoms with van der Waals surface area (Å²) in [5.74, 6) is 7.60. The molecule has 0 aromatic carbocycles. The molecule has 0 saturated heterocycles. The third kappa shape index (κ3) is 3.65. The minimum absolute atomic E-state index is 0.467. The predicted molar refractivity (Wildman–Crippen MR) is 123 cm³/mol. The van der Waals surface area contributed by atoms with E-state index in [1.165, 1.54) is 57.8 Å². The summed E-state index contributed by atoms with van der Waals surface area (Å²) in [6.07, 6.45) is 14.4. The van der Waals surface area contributed by atoms with Crippen molar-refractivity contribution in [1.29, 1.82) is 0 Å². The number of ketones is 1. The molecule has 1 heteroatoms. The van der Waals surface area contributed by atoms with E-state index in [1.54, 1.807) is 0 Å². The fourth-order valence-corrected chi connectivity index (χ4v) is 9.08. The van der Waals surface area contributed by atoms with Crippen LogP contribution >= 0.6 is 0 Å². The molecule has 1 nitrogen and oxygen atoms in total. The lowest BCUT2D eigenvalue weighted by Crippen LogP contribution is -2.53. The van der Waals surface area contributed by atoms with Crippen molar-refractivity contribution in [3.05, 3.63) is 0 Å².